The fraction of sp³-hybridized carbons (Fsp3) is 0.409. The number of rotatable bonds is 9. The lowest BCUT2D eigenvalue weighted by molar-refractivity contribution is -0.137. The van der Waals surface area contributed by atoms with Crippen molar-refractivity contribution in [2.45, 2.75) is 44.0 Å². The van der Waals surface area contributed by atoms with E-state index < -0.39 is 34.6 Å². The molecule has 0 bridgehead atoms. The molecule has 1 aromatic heterocycles. The van der Waals surface area contributed by atoms with Crippen molar-refractivity contribution < 1.29 is 37.3 Å². The number of thiophene rings is 1. The van der Waals surface area contributed by atoms with Crippen LogP contribution in [0.4, 0.5) is 13.2 Å². The number of carboxylic acid groups (broad SMARTS) is 1. The molecule has 1 aliphatic rings. The summed E-state index contributed by atoms with van der Waals surface area (Å²) in [5.41, 5.74) is -0.417. The van der Waals surface area contributed by atoms with Gasteiger partial charge in [0, 0.05) is 23.9 Å². The Kier molecular flexibility index (Phi) is 8.25. The molecule has 0 saturated carbocycles. The van der Waals surface area contributed by atoms with Gasteiger partial charge in [-0.15, -0.1) is 22.1 Å². The molecule has 1 aliphatic heterocycles. The Balaban J connectivity index is 1.57. The van der Waals surface area contributed by atoms with Crippen LogP contribution in [0, 0.1) is 0 Å². The molecule has 182 valence electrons. The fourth-order valence-electron chi connectivity index (χ4n) is 3.74. The van der Waals surface area contributed by atoms with E-state index in [4.69, 9.17) is 5.11 Å². The molecule has 0 aliphatic carbocycles. The highest BCUT2D eigenvalue weighted by molar-refractivity contribution is 8.22. The predicted octanol–water partition coefficient (Wildman–Crippen LogP) is 5.30. The van der Waals surface area contributed by atoms with Gasteiger partial charge >= 0.3 is 12.1 Å². The van der Waals surface area contributed by atoms with Crippen molar-refractivity contribution in [2.24, 2.45) is 0 Å². The number of aliphatic hydroxyl groups is 1. The van der Waals surface area contributed by atoms with E-state index in [1.54, 1.807) is 22.5 Å². The van der Waals surface area contributed by atoms with Crippen molar-refractivity contribution in [3.63, 3.8) is 0 Å². The van der Waals surface area contributed by atoms with E-state index in [1.165, 1.54) is 29.5 Å². The van der Waals surface area contributed by atoms with Gasteiger partial charge in [0.25, 0.3) is 0 Å². The summed E-state index contributed by atoms with van der Waals surface area (Å²) in [6.45, 7) is 0.376. The van der Waals surface area contributed by atoms with E-state index in [0.29, 0.717) is 31.4 Å². The van der Waals surface area contributed by atoms with Gasteiger partial charge in [0.05, 0.1) is 17.4 Å². The molecule has 0 spiro atoms. The first-order valence-electron chi connectivity index (χ1n) is 10.3. The van der Waals surface area contributed by atoms with E-state index in [2.05, 4.69) is 0 Å². The summed E-state index contributed by atoms with van der Waals surface area (Å²) in [6, 6.07) is 7.78. The number of aryl methyl sites for hydroxylation is 1. The molecule has 3 rings (SSSR count). The molecule has 1 saturated heterocycles. The SMILES string of the molecule is O=C(O)c1ccc(CCCN2[C@@H](C=CC(O)Cc3cccc(C(F)(F)F)c3)CCS2(O)O)s1. The Hall–Kier alpha value is -1.89. The minimum atomic E-state index is -4.45. The molecule has 1 fully saturated rings. The molecular weight excluding hydrogens is 479 g/mol. The molecule has 2 atom stereocenters. The van der Waals surface area contributed by atoms with Crippen LogP contribution in [0.15, 0.2) is 48.6 Å². The van der Waals surface area contributed by atoms with Gasteiger partial charge in [-0.2, -0.15) is 17.5 Å². The summed E-state index contributed by atoms with van der Waals surface area (Å²) >= 11 is 1.19. The number of carboxylic acids is 1. The summed E-state index contributed by atoms with van der Waals surface area (Å²) in [4.78, 5) is 12.1. The lowest BCUT2D eigenvalue weighted by atomic mass is 10.0. The molecule has 33 heavy (non-hydrogen) atoms. The minimum absolute atomic E-state index is 0.00762. The second kappa shape index (κ2) is 10.6. The minimum Gasteiger partial charge on any atom is -0.477 e. The van der Waals surface area contributed by atoms with Crippen LogP contribution in [-0.4, -0.2) is 54.0 Å². The van der Waals surface area contributed by atoms with Crippen LogP contribution in [0.5, 0.6) is 0 Å². The maximum absolute atomic E-state index is 12.9. The van der Waals surface area contributed by atoms with Crippen molar-refractivity contribution in [1.82, 2.24) is 4.31 Å². The number of benzene rings is 1. The summed E-state index contributed by atoms with van der Waals surface area (Å²) < 4.78 is 61.0. The van der Waals surface area contributed by atoms with Gasteiger partial charge in [0.1, 0.15) is 4.88 Å². The van der Waals surface area contributed by atoms with Gasteiger partial charge in [-0.3, -0.25) is 9.11 Å². The molecule has 2 heterocycles. The van der Waals surface area contributed by atoms with Crippen LogP contribution in [0.2, 0.25) is 0 Å². The van der Waals surface area contributed by atoms with Gasteiger partial charge in [0.15, 0.2) is 0 Å². The highest BCUT2D eigenvalue weighted by Gasteiger charge is 2.35. The highest BCUT2D eigenvalue weighted by atomic mass is 32.3. The van der Waals surface area contributed by atoms with Crippen molar-refractivity contribution >= 4 is 28.1 Å². The van der Waals surface area contributed by atoms with Gasteiger partial charge in [-0.1, -0.05) is 30.4 Å². The highest BCUT2D eigenvalue weighted by Crippen LogP contribution is 2.51. The van der Waals surface area contributed by atoms with Crippen molar-refractivity contribution in [3.05, 3.63) is 69.4 Å². The second-order valence-electron chi connectivity index (χ2n) is 7.86. The fourth-order valence-corrected chi connectivity index (χ4v) is 6.45. The molecule has 11 heteroatoms. The van der Waals surface area contributed by atoms with Crippen LogP contribution in [-0.2, 0) is 19.0 Å². The average Bonchev–Trinajstić information content (AvgIpc) is 3.31. The standard InChI is InChI=1S/C22H26F3NO5S2/c23-22(24,25)16-4-1-3-15(13-16)14-18(27)7-6-17-10-12-33(30,31)26(17)11-2-5-19-8-9-20(32-19)21(28)29/h1,3-4,6-9,13,17-18,27,30-31H,2,5,10-12,14H2,(H,28,29)/t17-,18?/m0/s1. The molecule has 2 aromatic rings. The maximum atomic E-state index is 12.9. The molecule has 0 amide bonds. The van der Waals surface area contributed by atoms with Gasteiger partial charge < -0.3 is 10.2 Å². The largest absolute Gasteiger partial charge is 0.477 e. The number of aliphatic hydroxyl groups excluding tert-OH is 1. The second-order valence-corrected chi connectivity index (χ2v) is 11.2. The first-order chi connectivity index (χ1) is 15.5. The molecule has 1 unspecified atom stereocenters. The molecule has 6 nitrogen and oxygen atoms in total. The van der Waals surface area contributed by atoms with Gasteiger partial charge in [-0.05, 0) is 43.0 Å². The van der Waals surface area contributed by atoms with E-state index in [-0.39, 0.29) is 23.1 Å². The zero-order chi connectivity index (χ0) is 24.2. The smallest absolute Gasteiger partial charge is 0.416 e. The summed E-state index contributed by atoms with van der Waals surface area (Å²) in [7, 11) is -2.94. The zero-order valence-electron chi connectivity index (χ0n) is 17.6. The van der Waals surface area contributed by atoms with E-state index in [1.807, 2.05) is 0 Å². The van der Waals surface area contributed by atoms with E-state index in [0.717, 1.165) is 17.0 Å². The summed E-state index contributed by atoms with van der Waals surface area (Å²) in [5, 5.41) is 19.3. The van der Waals surface area contributed by atoms with Crippen molar-refractivity contribution in [3.8, 4) is 0 Å². The molecule has 4 N–H and O–H groups in total. The third-order valence-electron chi connectivity index (χ3n) is 5.36. The number of alkyl halides is 3. The number of hydrogen-bond donors (Lipinski definition) is 4. The number of hydrogen-bond acceptors (Lipinski definition) is 6. The van der Waals surface area contributed by atoms with Crippen LogP contribution in [0.25, 0.3) is 0 Å². The number of carbonyl (C=O) groups is 1. The number of nitrogens with zero attached hydrogens (tertiary/aromatic N) is 1. The Morgan fingerprint density at radius 3 is 2.70 bits per heavy atom. The van der Waals surface area contributed by atoms with Crippen LogP contribution < -0.4 is 0 Å². The number of aromatic carboxylic acids is 1. The quantitative estimate of drug-likeness (QED) is 0.345. The lowest BCUT2D eigenvalue weighted by Crippen LogP contribution is -2.31. The third kappa shape index (κ3) is 7.05. The summed E-state index contributed by atoms with van der Waals surface area (Å²) in [6.07, 6.45) is -0.632. The molecular formula is C22H26F3NO5S2. The normalized spacial score (nSPS) is 20.8. The monoisotopic (exact) mass is 505 g/mol. The van der Waals surface area contributed by atoms with Crippen LogP contribution in [0.1, 0.15) is 38.5 Å². The Morgan fingerprint density at radius 2 is 2.03 bits per heavy atom. The summed E-state index contributed by atoms with van der Waals surface area (Å²) in [5.74, 6) is -0.776. The Morgan fingerprint density at radius 1 is 1.27 bits per heavy atom. The zero-order valence-corrected chi connectivity index (χ0v) is 19.2. The molecule has 0 radical (unpaired) electrons. The first kappa shape index (κ1) is 25.7. The van der Waals surface area contributed by atoms with Crippen LogP contribution >= 0.6 is 22.1 Å². The van der Waals surface area contributed by atoms with Crippen molar-refractivity contribution in [2.75, 3.05) is 12.3 Å². The first-order valence-corrected chi connectivity index (χ1v) is 12.8. The topological polar surface area (TPSA) is 101 Å². The molecule has 1 aromatic carbocycles. The average molecular weight is 506 g/mol. The van der Waals surface area contributed by atoms with Crippen LogP contribution in [0.3, 0.4) is 0 Å². The Labute approximate surface area is 195 Å². The third-order valence-corrected chi connectivity index (χ3v) is 8.48. The van der Waals surface area contributed by atoms with Crippen molar-refractivity contribution in [1.29, 1.82) is 0 Å². The Bertz CT molecular complexity index is 992. The van der Waals surface area contributed by atoms with Gasteiger partial charge in [-0.25, -0.2) is 4.79 Å². The van der Waals surface area contributed by atoms with E-state index in [9.17, 15) is 32.2 Å². The van der Waals surface area contributed by atoms with E-state index >= 15 is 0 Å². The number of halogens is 3. The maximum Gasteiger partial charge on any atom is 0.416 e. The lowest BCUT2D eigenvalue weighted by Gasteiger charge is -2.38. The predicted molar refractivity (Wildman–Crippen MR) is 123 cm³/mol. The van der Waals surface area contributed by atoms with Gasteiger partial charge in [0.2, 0.25) is 0 Å².